The Labute approximate surface area is 115 Å². The molecule has 5 nitrogen and oxygen atoms in total. The Bertz CT molecular complexity index is 378. The second kappa shape index (κ2) is 8.48. The predicted octanol–water partition coefficient (Wildman–Crippen LogP) is 2.31. The molecule has 0 saturated heterocycles. The first kappa shape index (κ1) is 15.4. The van der Waals surface area contributed by atoms with Crippen molar-refractivity contribution in [3.05, 3.63) is 23.9 Å². The number of nitrogens with two attached hydrogens (primary N) is 1. The summed E-state index contributed by atoms with van der Waals surface area (Å²) >= 11 is 0. The van der Waals surface area contributed by atoms with E-state index in [9.17, 15) is 4.79 Å². The van der Waals surface area contributed by atoms with Crippen LogP contribution in [0.2, 0.25) is 0 Å². The lowest BCUT2D eigenvalue weighted by atomic mass is 9.99. The van der Waals surface area contributed by atoms with E-state index in [1.54, 1.807) is 12.1 Å². The monoisotopic (exact) mass is 264 g/mol. The van der Waals surface area contributed by atoms with Crippen LogP contribution in [-0.4, -0.2) is 17.4 Å². The number of amides is 1. The maximum Gasteiger partial charge on any atom is 0.252 e. The summed E-state index contributed by atoms with van der Waals surface area (Å²) in [5.41, 5.74) is 2.99. The van der Waals surface area contributed by atoms with E-state index in [1.165, 1.54) is 25.5 Å². The molecular weight excluding hydrogens is 240 g/mol. The van der Waals surface area contributed by atoms with Gasteiger partial charge in [0.15, 0.2) is 0 Å². The molecule has 1 rings (SSSR count). The number of nitrogens with one attached hydrogen (secondary N) is 2. The maximum atomic E-state index is 11.9. The fourth-order valence-corrected chi connectivity index (χ4v) is 1.90. The van der Waals surface area contributed by atoms with Gasteiger partial charge in [-0.25, -0.2) is 10.8 Å². The number of pyridine rings is 1. The third-order valence-electron chi connectivity index (χ3n) is 3.27. The van der Waals surface area contributed by atoms with Crippen molar-refractivity contribution in [1.29, 1.82) is 0 Å². The number of carbonyl (C=O) groups excluding carboxylic acids is 1. The highest BCUT2D eigenvalue weighted by molar-refractivity contribution is 5.94. The van der Waals surface area contributed by atoms with Crippen molar-refractivity contribution < 1.29 is 4.79 Å². The number of rotatable bonds is 8. The van der Waals surface area contributed by atoms with Gasteiger partial charge in [0.25, 0.3) is 5.91 Å². The van der Waals surface area contributed by atoms with Crippen molar-refractivity contribution in [3.8, 4) is 0 Å². The number of nitrogen functional groups attached to an aromatic ring is 1. The molecule has 1 heterocycles. The van der Waals surface area contributed by atoms with Gasteiger partial charge >= 0.3 is 0 Å². The van der Waals surface area contributed by atoms with Gasteiger partial charge in [-0.05, 0) is 24.5 Å². The Balaban J connectivity index is 2.44. The van der Waals surface area contributed by atoms with E-state index in [0.717, 1.165) is 13.0 Å². The Morgan fingerprint density at radius 1 is 1.42 bits per heavy atom. The van der Waals surface area contributed by atoms with E-state index in [0.29, 0.717) is 17.3 Å². The summed E-state index contributed by atoms with van der Waals surface area (Å²) in [5.74, 6) is 6.25. The summed E-state index contributed by atoms with van der Waals surface area (Å²) < 4.78 is 0. The molecule has 4 N–H and O–H groups in total. The summed E-state index contributed by atoms with van der Waals surface area (Å²) in [7, 11) is 0. The summed E-state index contributed by atoms with van der Waals surface area (Å²) in [6.45, 7) is 5.08. The third-order valence-corrected chi connectivity index (χ3v) is 3.27. The topological polar surface area (TPSA) is 80.0 Å². The predicted molar refractivity (Wildman–Crippen MR) is 77.7 cm³/mol. The fraction of sp³-hybridized carbons (Fsp3) is 0.571. The van der Waals surface area contributed by atoms with Gasteiger partial charge in [-0.3, -0.25) is 4.79 Å². The minimum Gasteiger partial charge on any atom is -0.352 e. The molecule has 0 aliphatic heterocycles. The minimum absolute atomic E-state index is 0.0778. The highest BCUT2D eigenvalue weighted by Crippen LogP contribution is 2.11. The van der Waals surface area contributed by atoms with E-state index in [-0.39, 0.29) is 5.91 Å². The fourth-order valence-electron chi connectivity index (χ4n) is 1.90. The second-order valence-electron chi connectivity index (χ2n) is 4.70. The molecule has 0 spiro atoms. The van der Waals surface area contributed by atoms with Crippen LogP contribution in [0.4, 0.5) is 5.82 Å². The van der Waals surface area contributed by atoms with Gasteiger partial charge in [-0.2, -0.15) is 0 Å². The zero-order valence-electron chi connectivity index (χ0n) is 11.8. The third kappa shape index (κ3) is 5.26. The number of hydrogen-bond acceptors (Lipinski definition) is 4. The zero-order chi connectivity index (χ0) is 14.1. The average molecular weight is 264 g/mol. The molecule has 0 aliphatic rings. The zero-order valence-corrected chi connectivity index (χ0v) is 11.8. The lowest BCUT2D eigenvalue weighted by Gasteiger charge is -2.15. The Kier molecular flexibility index (Phi) is 6.89. The van der Waals surface area contributed by atoms with Crippen molar-refractivity contribution in [2.45, 2.75) is 39.5 Å². The Morgan fingerprint density at radius 3 is 2.74 bits per heavy atom. The summed E-state index contributed by atoms with van der Waals surface area (Å²) in [4.78, 5) is 16.0. The molecule has 0 fully saturated rings. The van der Waals surface area contributed by atoms with Crippen LogP contribution in [0.1, 0.15) is 49.9 Å². The van der Waals surface area contributed by atoms with Crippen LogP contribution in [-0.2, 0) is 0 Å². The highest BCUT2D eigenvalue weighted by Gasteiger charge is 2.10. The van der Waals surface area contributed by atoms with Gasteiger partial charge in [-0.1, -0.05) is 33.1 Å². The maximum absolute atomic E-state index is 11.9. The summed E-state index contributed by atoms with van der Waals surface area (Å²) in [6.07, 6.45) is 6.20. The van der Waals surface area contributed by atoms with Gasteiger partial charge < -0.3 is 10.7 Å². The quantitative estimate of drug-likeness (QED) is 0.497. The summed E-state index contributed by atoms with van der Waals surface area (Å²) in [6, 6.07) is 3.40. The largest absolute Gasteiger partial charge is 0.352 e. The van der Waals surface area contributed by atoms with Gasteiger partial charge in [0.05, 0.1) is 5.56 Å². The van der Waals surface area contributed by atoms with Gasteiger partial charge in [-0.15, -0.1) is 0 Å². The normalized spacial score (nSPS) is 11.9. The molecule has 1 atom stereocenters. The van der Waals surface area contributed by atoms with Gasteiger partial charge in [0.2, 0.25) is 0 Å². The van der Waals surface area contributed by atoms with Crippen LogP contribution in [0.3, 0.4) is 0 Å². The van der Waals surface area contributed by atoms with Crippen molar-refractivity contribution in [3.63, 3.8) is 0 Å². The molecule has 0 aromatic carbocycles. The second-order valence-corrected chi connectivity index (χ2v) is 4.70. The molecule has 1 aromatic heterocycles. The number of unbranched alkanes of at least 4 members (excludes halogenated alkanes) is 1. The molecule has 0 saturated carbocycles. The molecule has 19 heavy (non-hydrogen) atoms. The van der Waals surface area contributed by atoms with Crippen molar-refractivity contribution in [2.75, 3.05) is 12.0 Å². The Morgan fingerprint density at radius 2 is 2.21 bits per heavy atom. The van der Waals surface area contributed by atoms with Crippen molar-refractivity contribution in [1.82, 2.24) is 10.3 Å². The highest BCUT2D eigenvalue weighted by atomic mass is 16.1. The van der Waals surface area contributed by atoms with E-state index in [2.05, 4.69) is 29.6 Å². The molecule has 0 aliphatic carbocycles. The number of hydrogen-bond donors (Lipinski definition) is 3. The SMILES string of the molecule is CCCCC(CC)CNC(=O)c1ccc(NN)nc1. The number of anilines is 1. The molecular formula is C14H24N4O. The van der Waals surface area contributed by atoms with E-state index in [4.69, 9.17) is 5.84 Å². The first-order valence-electron chi connectivity index (χ1n) is 6.92. The van der Waals surface area contributed by atoms with E-state index < -0.39 is 0 Å². The molecule has 1 unspecified atom stereocenters. The standard InChI is InChI=1S/C14H24N4O/c1-3-5-6-11(4-2)9-17-14(19)12-7-8-13(18-15)16-10-12/h7-8,10-11H,3-6,9,15H2,1-2H3,(H,16,18)(H,17,19). The van der Waals surface area contributed by atoms with Crippen LogP contribution < -0.4 is 16.6 Å². The van der Waals surface area contributed by atoms with Crippen LogP contribution in [0, 0.1) is 5.92 Å². The first-order chi connectivity index (χ1) is 9.21. The molecule has 5 heteroatoms. The van der Waals surface area contributed by atoms with Crippen molar-refractivity contribution >= 4 is 11.7 Å². The van der Waals surface area contributed by atoms with Crippen LogP contribution >= 0.6 is 0 Å². The smallest absolute Gasteiger partial charge is 0.252 e. The van der Waals surface area contributed by atoms with Crippen LogP contribution in [0.25, 0.3) is 0 Å². The number of aromatic nitrogens is 1. The number of carbonyl (C=O) groups is 1. The Hall–Kier alpha value is -1.62. The molecule has 1 amide bonds. The van der Waals surface area contributed by atoms with E-state index in [1.807, 2.05) is 0 Å². The average Bonchev–Trinajstić information content (AvgIpc) is 2.47. The lowest BCUT2D eigenvalue weighted by Crippen LogP contribution is -2.29. The number of hydrazine groups is 1. The molecule has 0 radical (unpaired) electrons. The van der Waals surface area contributed by atoms with Crippen LogP contribution in [0.15, 0.2) is 18.3 Å². The van der Waals surface area contributed by atoms with Crippen molar-refractivity contribution in [2.24, 2.45) is 11.8 Å². The molecule has 106 valence electrons. The van der Waals surface area contributed by atoms with Gasteiger partial charge in [0.1, 0.15) is 5.82 Å². The lowest BCUT2D eigenvalue weighted by molar-refractivity contribution is 0.0945. The van der Waals surface area contributed by atoms with Crippen LogP contribution in [0.5, 0.6) is 0 Å². The summed E-state index contributed by atoms with van der Waals surface area (Å²) in [5, 5.41) is 2.97. The molecule has 1 aromatic rings. The molecule has 0 bridgehead atoms. The minimum atomic E-state index is -0.0778. The number of nitrogens with zero attached hydrogens (tertiary/aromatic N) is 1. The van der Waals surface area contributed by atoms with E-state index >= 15 is 0 Å². The van der Waals surface area contributed by atoms with Gasteiger partial charge in [0, 0.05) is 12.7 Å². The first-order valence-corrected chi connectivity index (χ1v) is 6.92.